The van der Waals surface area contributed by atoms with Crippen molar-refractivity contribution >= 4 is 21.4 Å². The van der Waals surface area contributed by atoms with Crippen LogP contribution in [0.5, 0.6) is 0 Å². The quantitative estimate of drug-likeness (QED) is 0.793. The molecule has 4 nitrogen and oxygen atoms in total. The predicted molar refractivity (Wildman–Crippen MR) is 57.0 cm³/mol. The Morgan fingerprint density at radius 1 is 1.43 bits per heavy atom. The lowest BCUT2D eigenvalue weighted by atomic mass is 10.7. The molecule has 0 unspecified atom stereocenters. The second-order valence-electron chi connectivity index (χ2n) is 2.79. The summed E-state index contributed by atoms with van der Waals surface area (Å²) in [6.07, 6.45) is 1.42. The summed E-state index contributed by atoms with van der Waals surface area (Å²) >= 11 is 1.21. The largest absolute Gasteiger partial charge is 0.254 e. The van der Waals surface area contributed by atoms with Crippen LogP contribution in [0, 0.1) is 6.92 Å². The van der Waals surface area contributed by atoms with Gasteiger partial charge >= 0.3 is 0 Å². The molecule has 0 N–H and O–H groups in total. The van der Waals surface area contributed by atoms with Gasteiger partial charge in [-0.1, -0.05) is 13.8 Å². The van der Waals surface area contributed by atoms with E-state index < -0.39 is 10.0 Å². The van der Waals surface area contributed by atoms with E-state index in [9.17, 15) is 8.42 Å². The first-order valence-electron chi connectivity index (χ1n) is 4.45. The van der Waals surface area contributed by atoms with E-state index in [0.717, 1.165) is 5.01 Å². The lowest BCUT2D eigenvalue weighted by Gasteiger charge is -2.16. The van der Waals surface area contributed by atoms with Crippen LogP contribution >= 0.6 is 11.3 Å². The monoisotopic (exact) mass is 234 g/mol. The Kier molecular flexibility index (Phi) is 3.63. The molecule has 0 spiro atoms. The van der Waals surface area contributed by atoms with Gasteiger partial charge in [-0.25, -0.2) is 13.4 Å². The number of thiazole rings is 1. The second-order valence-corrected chi connectivity index (χ2v) is 6.19. The van der Waals surface area contributed by atoms with Gasteiger partial charge in [0.15, 0.2) is 4.21 Å². The van der Waals surface area contributed by atoms with Gasteiger partial charge in [-0.15, -0.1) is 11.3 Å². The lowest BCUT2D eigenvalue weighted by molar-refractivity contribution is 0.446. The maximum absolute atomic E-state index is 11.9. The van der Waals surface area contributed by atoms with Crippen LogP contribution in [0.2, 0.25) is 0 Å². The van der Waals surface area contributed by atoms with Gasteiger partial charge in [-0.2, -0.15) is 4.31 Å². The second kappa shape index (κ2) is 4.37. The summed E-state index contributed by atoms with van der Waals surface area (Å²) in [4.78, 5) is 3.95. The molecule has 0 radical (unpaired) electrons. The minimum atomic E-state index is -3.29. The number of aromatic nitrogens is 1. The van der Waals surface area contributed by atoms with Crippen molar-refractivity contribution in [2.75, 3.05) is 13.1 Å². The van der Waals surface area contributed by atoms with Gasteiger partial charge in [0.25, 0.3) is 10.0 Å². The van der Waals surface area contributed by atoms with Crippen molar-refractivity contribution in [3.05, 3.63) is 11.2 Å². The summed E-state index contributed by atoms with van der Waals surface area (Å²) in [5.41, 5.74) is 0. The van der Waals surface area contributed by atoms with Crippen LogP contribution in [0.4, 0.5) is 0 Å². The molecular formula is C8H14N2O2S2. The summed E-state index contributed by atoms with van der Waals surface area (Å²) in [7, 11) is -3.29. The standard InChI is InChI=1S/C8H14N2O2S2/c1-4-10(5-2)14(11,12)8-6-9-7(3)13-8/h6H,4-5H2,1-3H3. The van der Waals surface area contributed by atoms with Crippen molar-refractivity contribution in [1.29, 1.82) is 0 Å². The SMILES string of the molecule is CCN(CC)S(=O)(=O)c1cnc(C)s1. The summed E-state index contributed by atoms with van der Waals surface area (Å²) in [5.74, 6) is 0. The molecule has 1 rings (SSSR count). The molecule has 1 heterocycles. The highest BCUT2D eigenvalue weighted by molar-refractivity contribution is 7.91. The third-order valence-corrected chi connectivity index (χ3v) is 5.30. The van der Waals surface area contributed by atoms with E-state index in [-0.39, 0.29) is 0 Å². The Bertz CT molecular complexity index is 393. The molecular weight excluding hydrogens is 220 g/mol. The predicted octanol–water partition coefficient (Wildman–Crippen LogP) is 1.48. The van der Waals surface area contributed by atoms with Gasteiger partial charge in [0, 0.05) is 13.1 Å². The van der Waals surface area contributed by atoms with Crippen LogP contribution in [0.3, 0.4) is 0 Å². The van der Waals surface area contributed by atoms with E-state index in [4.69, 9.17) is 0 Å². The van der Waals surface area contributed by atoms with Crippen LogP contribution in [0.25, 0.3) is 0 Å². The molecule has 0 saturated carbocycles. The van der Waals surface area contributed by atoms with Crippen LogP contribution in [0.15, 0.2) is 10.4 Å². The molecule has 0 aromatic carbocycles. The minimum absolute atomic E-state index is 0.332. The van der Waals surface area contributed by atoms with Crippen molar-refractivity contribution in [1.82, 2.24) is 9.29 Å². The number of aryl methyl sites for hydroxylation is 1. The zero-order chi connectivity index (χ0) is 10.8. The van der Waals surface area contributed by atoms with Crippen molar-refractivity contribution in [2.24, 2.45) is 0 Å². The Hall–Kier alpha value is -0.460. The maximum Gasteiger partial charge on any atom is 0.254 e. The first-order chi connectivity index (χ1) is 6.52. The Labute approximate surface area is 88.6 Å². The molecule has 80 valence electrons. The van der Waals surface area contributed by atoms with E-state index in [1.165, 1.54) is 21.8 Å². The average Bonchev–Trinajstić information content (AvgIpc) is 2.54. The summed E-state index contributed by atoms with van der Waals surface area (Å²) < 4.78 is 25.6. The fraction of sp³-hybridized carbons (Fsp3) is 0.625. The molecule has 0 bridgehead atoms. The van der Waals surface area contributed by atoms with E-state index in [1.54, 1.807) is 6.92 Å². The van der Waals surface area contributed by atoms with Crippen molar-refractivity contribution < 1.29 is 8.42 Å². The smallest absolute Gasteiger partial charge is 0.249 e. The summed E-state index contributed by atoms with van der Waals surface area (Å²) in [6.45, 7) is 6.45. The highest BCUT2D eigenvalue weighted by Crippen LogP contribution is 2.21. The number of sulfonamides is 1. The molecule has 0 aliphatic rings. The van der Waals surface area contributed by atoms with Gasteiger partial charge in [-0.3, -0.25) is 0 Å². The Morgan fingerprint density at radius 3 is 2.36 bits per heavy atom. The molecule has 6 heteroatoms. The van der Waals surface area contributed by atoms with E-state index in [2.05, 4.69) is 4.98 Å². The van der Waals surface area contributed by atoms with E-state index in [0.29, 0.717) is 17.3 Å². The molecule has 0 saturated heterocycles. The summed E-state index contributed by atoms with van der Waals surface area (Å²) in [5, 5.41) is 0.774. The molecule has 1 aromatic rings. The fourth-order valence-corrected chi connectivity index (χ4v) is 3.87. The van der Waals surface area contributed by atoms with Crippen molar-refractivity contribution in [3.63, 3.8) is 0 Å². The lowest BCUT2D eigenvalue weighted by Crippen LogP contribution is -2.29. The highest BCUT2D eigenvalue weighted by Gasteiger charge is 2.23. The van der Waals surface area contributed by atoms with Gasteiger partial charge in [-0.05, 0) is 6.92 Å². The molecule has 14 heavy (non-hydrogen) atoms. The highest BCUT2D eigenvalue weighted by atomic mass is 32.2. The topological polar surface area (TPSA) is 50.3 Å². The molecule has 0 fully saturated rings. The molecule has 0 atom stereocenters. The van der Waals surface area contributed by atoms with Gasteiger partial charge in [0.1, 0.15) is 0 Å². The minimum Gasteiger partial charge on any atom is -0.249 e. The molecule has 0 aliphatic heterocycles. The zero-order valence-electron chi connectivity index (χ0n) is 8.52. The summed E-state index contributed by atoms with van der Waals surface area (Å²) in [6, 6.07) is 0. The number of hydrogen-bond acceptors (Lipinski definition) is 4. The maximum atomic E-state index is 11.9. The number of rotatable bonds is 4. The van der Waals surface area contributed by atoms with Crippen LogP contribution in [0.1, 0.15) is 18.9 Å². The van der Waals surface area contributed by atoms with Gasteiger partial charge in [0.2, 0.25) is 0 Å². The van der Waals surface area contributed by atoms with Crippen LogP contribution in [-0.4, -0.2) is 30.8 Å². The van der Waals surface area contributed by atoms with Crippen LogP contribution < -0.4 is 0 Å². The Balaban J connectivity index is 3.07. The normalized spacial score (nSPS) is 12.3. The first-order valence-corrected chi connectivity index (χ1v) is 6.70. The third kappa shape index (κ3) is 2.13. The van der Waals surface area contributed by atoms with E-state index >= 15 is 0 Å². The fourth-order valence-electron chi connectivity index (χ4n) is 1.15. The Morgan fingerprint density at radius 2 is 2.00 bits per heavy atom. The first kappa shape index (κ1) is 11.6. The molecule has 1 aromatic heterocycles. The van der Waals surface area contributed by atoms with Crippen LogP contribution in [-0.2, 0) is 10.0 Å². The molecule has 0 amide bonds. The molecule has 0 aliphatic carbocycles. The van der Waals surface area contributed by atoms with Gasteiger partial charge in [0.05, 0.1) is 11.2 Å². The van der Waals surface area contributed by atoms with Gasteiger partial charge < -0.3 is 0 Å². The third-order valence-electron chi connectivity index (χ3n) is 1.90. The van der Waals surface area contributed by atoms with Crippen molar-refractivity contribution in [2.45, 2.75) is 25.0 Å². The average molecular weight is 234 g/mol. The van der Waals surface area contributed by atoms with Crippen molar-refractivity contribution in [3.8, 4) is 0 Å². The van der Waals surface area contributed by atoms with E-state index in [1.807, 2.05) is 13.8 Å². The number of hydrogen-bond donors (Lipinski definition) is 0. The zero-order valence-corrected chi connectivity index (χ0v) is 10.2. The number of nitrogens with zero attached hydrogens (tertiary/aromatic N) is 2.